The SMILES string of the molecule is COc1cc(C)c(S(=O)(=O)N(C)CCC(=O)N[C@H]2CC[C@@H](c3nc4cc(CN(C)C)ccc4n3C)CC2)c(C)c1. The number of aromatic nitrogens is 2. The average Bonchev–Trinajstić information content (AvgIpc) is 3.22. The van der Waals surface area contributed by atoms with Gasteiger partial charge in [0.1, 0.15) is 11.6 Å². The highest BCUT2D eigenvalue weighted by atomic mass is 32.2. The van der Waals surface area contributed by atoms with Crippen molar-refractivity contribution in [3.8, 4) is 5.75 Å². The van der Waals surface area contributed by atoms with Gasteiger partial charge in [-0.25, -0.2) is 17.7 Å². The number of rotatable bonds is 10. The van der Waals surface area contributed by atoms with E-state index in [0.717, 1.165) is 49.1 Å². The average molecular weight is 570 g/mol. The topological polar surface area (TPSA) is 96.8 Å². The number of methoxy groups -OCH3 is 1. The van der Waals surface area contributed by atoms with Crippen molar-refractivity contribution in [2.45, 2.75) is 69.4 Å². The van der Waals surface area contributed by atoms with Crippen LogP contribution in [0.3, 0.4) is 0 Å². The van der Waals surface area contributed by atoms with E-state index in [4.69, 9.17) is 9.72 Å². The van der Waals surface area contributed by atoms with E-state index < -0.39 is 10.0 Å². The van der Waals surface area contributed by atoms with Crippen molar-refractivity contribution in [3.05, 3.63) is 52.8 Å². The predicted molar refractivity (Wildman–Crippen MR) is 158 cm³/mol. The van der Waals surface area contributed by atoms with Gasteiger partial charge in [0.15, 0.2) is 0 Å². The molecule has 1 fully saturated rings. The molecule has 1 saturated carbocycles. The Bertz CT molecular complexity index is 1450. The largest absolute Gasteiger partial charge is 0.497 e. The Balaban J connectivity index is 1.31. The monoisotopic (exact) mass is 569 g/mol. The molecule has 0 unspecified atom stereocenters. The highest BCUT2D eigenvalue weighted by Gasteiger charge is 2.28. The Hall–Kier alpha value is -2.95. The lowest BCUT2D eigenvalue weighted by Gasteiger charge is -2.29. The maximum atomic E-state index is 13.2. The summed E-state index contributed by atoms with van der Waals surface area (Å²) in [5, 5.41) is 3.13. The van der Waals surface area contributed by atoms with Crippen LogP contribution in [0.1, 0.15) is 60.5 Å². The Morgan fingerprint density at radius 3 is 2.33 bits per heavy atom. The molecule has 0 radical (unpaired) electrons. The van der Waals surface area contributed by atoms with Crippen LogP contribution < -0.4 is 10.1 Å². The van der Waals surface area contributed by atoms with Gasteiger partial charge in [0.05, 0.1) is 23.0 Å². The molecule has 0 saturated heterocycles. The normalized spacial score (nSPS) is 18.0. The van der Waals surface area contributed by atoms with E-state index in [1.54, 1.807) is 33.1 Å². The summed E-state index contributed by atoms with van der Waals surface area (Å²) in [5.74, 6) is 1.97. The highest BCUT2D eigenvalue weighted by molar-refractivity contribution is 7.89. The van der Waals surface area contributed by atoms with E-state index >= 15 is 0 Å². The van der Waals surface area contributed by atoms with E-state index in [0.29, 0.717) is 22.8 Å². The number of fused-ring (bicyclic) bond motifs is 1. The zero-order valence-corrected chi connectivity index (χ0v) is 25.6. The number of amides is 1. The predicted octanol–water partition coefficient (Wildman–Crippen LogP) is 4.11. The number of hydrogen-bond acceptors (Lipinski definition) is 6. The fourth-order valence-electron chi connectivity index (χ4n) is 5.86. The van der Waals surface area contributed by atoms with Crippen LogP contribution in [-0.2, 0) is 28.4 Å². The zero-order chi connectivity index (χ0) is 29.2. The van der Waals surface area contributed by atoms with Gasteiger partial charge in [-0.1, -0.05) is 6.07 Å². The van der Waals surface area contributed by atoms with Gasteiger partial charge in [-0.2, -0.15) is 0 Å². The molecule has 3 aromatic rings. The smallest absolute Gasteiger partial charge is 0.243 e. The maximum absolute atomic E-state index is 13.2. The van der Waals surface area contributed by atoms with Crippen LogP contribution in [0.4, 0.5) is 0 Å². The lowest BCUT2D eigenvalue weighted by molar-refractivity contribution is -0.122. The van der Waals surface area contributed by atoms with E-state index in [1.807, 2.05) is 0 Å². The van der Waals surface area contributed by atoms with Gasteiger partial charge < -0.3 is 19.5 Å². The fraction of sp³-hybridized carbons (Fsp3) is 0.533. The molecule has 1 amide bonds. The molecule has 1 aromatic heterocycles. The number of hydrogen-bond donors (Lipinski definition) is 1. The van der Waals surface area contributed by atoms with Crippen molar-refractivity contribution in [1.82, 2.24) is 24.1 Å². The lowest BCUT2D eigenvalue weighted by Crippen LogP contribution is -2.39. The molecule has 4 rings (SSSR count). The molecule has 9 nitrogen and oxygen atoms in total. The number of aryl methyl sites for hydroxylation is 3. The molecule has 1 N–H and O–H groups in total. The van der Waals surface area contributed by atoms with Gasteiger partial charge in [-0.15, -0.1) is 0 Å². The number of sulfonamides is 1. The molecule has 2 aromatic carbocycles. The van der Waals surface area contributed by atoms with E-state index in [-0.39, 0.29) is 29.8 Å². The molecule has 0 bridgehead atoms. The number of ether oxygens (including phenoxy) is 1. The summed E-state index contributed by atoms with van der Waals surface area (Å²) in [6, 6.07) is 10.0. The molecule has 10 heteroatoms. The van der Waals surface area contributed by atoms with Gasteiger partial charge in [0.25, 0.3) is 0 Å². The molecule has 0 spiro atoms. The first-order valence-corrected chi connectivity index (χ1v) is 15.4. The van der Waals surface area contributed by atoms with E-state index in [9.17, 15) is 13.2 Å². The van der Waals surface area contributed by atoms with Gasteiger partial charge in [-0.05, 0) is 94.6 Å². The summed E-state index contributed by atoms with van der Waals surface area (Å²) < 4.78 is 35.2. The van der Waals surface area contributed by atoms with Crippen LogP contribution >= 0.6 is 0 Å². The second-order valence-corrected chi connectivity index (χ2v) is 13.4. The number of carbonyl (C=O) groups is 1. The molecular formula is C30H43N5O4S. The first kappa shape index (κ1) is 30.0. The van der Waals surface area contributed by atoms with Crippen LogP contribution in [-0.4, -0.2) is 73.9 Å². The van der Waals surface area contributed by atoms with Gasteiger partial charge in [-0.3, -0.25) is 4.79 Å². The van der Waals surface area contributed by atoms with Gasteiger partial charge in [0, 0.05) is 45.6 Å². The van der Waals surface area contributed by atoms with Crippen LogP contribution in [0.5, 0.6) is 5.75 Å². The van der Waals surface area contributed by atoms with Crippen molar-refractivity contribution in [2.75, 3.05) is 34.8 Å². The lowest BCUT2D eigenvalue weighted by atomic mass is 9.85. The minimum atomic E-state index is -3.73. The summed E-state index contributed by atoms with van der Waals surface area (Å²) in [6.07, 6.45) is 3.78. The summed E-state index contributed by atoms with van der Waals surface area (Å²) in [6.45, 7) is 4.52. The van der Waals surface area contributed by atoms with Crippen molar-refractivity contribution >= 4 is 27.0 Å². The van der Waals surface area contributed by atoms with Crippen LogP contribution in [0, 0.1) is 13.8 Å². The van der Waals surface area contributed by atoms with Crippen LogP contribution in [0.15, 0.2) is 35.2 Å². The third kappa shape index (κ3) is 6.50. The van der Waals surface area contributed by atoms with Crippen LogP contribution in [0.2, 0.25) is 0 Å². The van der Waals surface area contributed by atoms with Crippen molar-refractivity contribution in [1.29, 1.82) is 0 Å². The summed E-state index contributed by atoms with van der Waals surface area (Å²) >= 11 is 0. The van der Waals surface area contributed by atoms with E-state index in [2.05, 4.69) is 54.1 Å². The first-order valence-electron chi connectivity index (χ1n) is 13.9. The minimum Gasteiger partial charge on any atom is -0.497 e. The third-order valence-corrected chi connectivity index (χ3v) is 10.1. The first-order chi connectivity index (χ1) is 18.9. The Morgan fingerprint density at radius 2 is 1.73 bits per heavy atom. The quantitative estimate of drug-likeness (QED) is 0.395. The number of nitrogens with zero attached hydrogens (tertiary/aromatic N) is 4. The van der Waals surface area contributed by atoms with Gasteiger partial charge >= 0.3 is 0 Å². The summed E-state index contributed by atoms with van der Waals surface area (Å²) in [7, 11) is 5.57. The van der Waals surface area contributed by atoms with Crippen molar-refractivity contribution in [3.63, 3.8) is 0 Å². The summed E-state index contributed by atoms with van der Waals surface area (Å²) in [4.78, 5) is 20.2. The molecule has 1 aliphatic carbocycles. The number of carbonyl (C=O) groups excluding carboxylic acids is 1. The zero-order valence-electron chi connectivity index (χ0n) is 24.8. The Kier molecular flexibility index (Phi) is 9.22. The minimum absolute atomic E-state index is 0.0955. The van der Waals surface area contributed by atoms with Crippen molar-refractivity contribution < 1.29 is 17.9 Å². The number of nitrogens with one attached hydrogen (secondary N) is 1. The second kappa shape index (κ2) is 12.3. The molecule has 0 atom stereocenters. The van der Waals surface area contributed by atoms with Gasteiger partial charge in [0.2, 0.25) is 15.9 Å². The van der Waals surface area contributed by atoms with E-state index in [1.165, 1.54) is 16.9 Å². The van der Waals surface area contributed by atoms with Crippen LogP contribution in [0.25, 0.3) is 11.0 Å². The highest BCUT2D eigenvalue weighted by Crippen LogP contribution is 2.34. The Labute approximate surface area is 238 Å². The molecule has 1 heterocycles. The molecule has 40 heavy (non-hydrogen) atoms. The molecule has 0 aliphatic heterocycles. The van der Waals surface area contributed by atoms with Crippen molar-refractivity contribution in [2.24, 2.45) is 7.05 Å². The second-order valence-electron chi connectivity index (χ2n) is 11.4. The molecule has 218 valence electrons. The molecular weight excluding hydrogens is 526 g/mol. The standard InChI is InChI=1S/C30H43N5O4S/c1-20-16-25(39-7)17-21(2)29(20)40(37,38)34(5)15-14-28(36)31-24-11-9-23(10-12-24)30-32-26-18-22(19-33(3)4)8-13-27(26)35(30)6/h8,13,16-18,23-24H,9-12,14-15,19H2,1-7H3,(H,31,36)/t23-,24+. The number of benzene rings is 2. The Morgan fingerprint density at radius 1 is 1.07 bits per heavy atom. The fourth-order valence-corrected chi connectivity index (χ4v) is 7.43. The molecule has 1 aliphatic rings. The number of imidazole rings is 1. The third-order valence-electron chi connectivity index (χ3n) is 7.93. The summed E-state index contributed by atoms with van der Waals surface area (Å²) in [5.41, 5.74) is 4.68. The maximum Gasteiger partial charge on any atom is 0.243 e.